The Balaban J connectivity index is 1.85. The van der Waals surface area contributed by atoms with E-state index in [0.29, 0.717) is 24.9 Å². The minimum absolute atomic E-state index is 0.187. The van der Waals surface area contributed by atoms with Gasteiger partial charge in [-0.2, -0.15) is 4.98 Å². The van der Waals surface area contributed by atoms with Gasteiger partial charge in [-0.1, -0.05) is 12.1 Å². The summed E-state index contributed by atoms with van der Waals surface area (Å²) in [7, 11) is 3.21. The van der Waals surface area contributed by atoms with Crippen molar-refractivity contribution in [1.82, 2.24) is 9.97 Å². The first-order valence-corrected chi connectivity index (χ1v) is 9.00. The standard InChI is InChI=1S/C20H24N6O3/c1-28-11-14(21)9-23-20-24-10-17(18(22)27)19(26-20)25-15-5-3-13-8-16(29-2)6-4-12(13)7-15/h3-8,10,14H,9,11,21H2,1-2H3,(H2,22,27)(H2,23,24,25,26). The van der Waals surface area contributed by atoms with Gasteiger partial charge in [0.15, 0.2) is 0 Å². The number of ether oxygens (including phenoxy) is 2. The fourth-order valence-corrected chi connectivity index (χ4v) is 2.80. The SMILES string of the molecule is COCC(N)CNc1ncc(C(N)=O)c(Nc2ccc3cc(OC)ccc3c2)n1. The van der Waals surface area contributed by atoms with Gasteiger partial charge in [0.1, 0.15) is 17.1 Å². The van der Waals surface area contributed by atoms with E-state index in [1.54, 1.807) is 14.2 Å². The van der Waals surface area contributed by atoms with Crippen LogP contribution in [0.25, 0.3) is 10.8 Å². The molecule has 0 fully saturated rings. The second-order valence-corrected chi connectivity index (χ2v) is 6.47. The van der Waals surface area contributed by atoms with Crippen molar-refractivity contribution < 1.29 is 14.3 Å². The second kappa shape index (κ2) is 9.18. The summed E-state index contributed by atoms with van der Waals surface area (Å²) in [6.07, 6.45) is 1.38. The first-order chi connectivity index (χ1) is 14.0. The number of fused-ring (bicyclic) bond motifs is 1. The highest BCUT2D eigenvalue weighted by Gasteiger charge is 2.13. The lowest BCUT2D eigenvalue weighted by Crippen LogP contribution is -2.33. The van der Waals surface area contributed by atoms with Gasteiger partial charge in [0.05, 0.1) is 13.7 Å². The molecule has 9 heteroatoms. The maximum atomic E-state index is 11.8. The molecule has 0 radical (unpaired) electrons. The molecule has 152 valence electrons. The monoisotopic (exact) mass is 396 g/mol. The van der Waals surface area contributed by atoms with Gasteiger partial charge < -0.3 is 31.6 Å². The molecule has 0 saturated heterocycles. The van der Waals surface area contributed by atoms with Crippen molar-refractivity contribution in [3.63, 3.8) is 0 Å². The third kappa shape index (κ3) is 5.09. The van der Waals surface area contributed by atoms with Gasteiger partial charge in [0.25, 0.3) is 5.91 Å². The number of carbonyl (C=O) groups excluding carboxylic acids is 1. The zero-order valence-corrected chi connectivity index (χ0v) is 16.3. The molecule has 0 spiro atoms. The number of methoxy groups -OCH3 is 2. The lowest BCUT2D eigenvalue weighted by Gasteiger charge is -2.14. The normalized spacial score (nSPS) is 11.8. The minimum Gasteiger partial charge on any atom is -0.497 e. The van der Waals surface area contributed by atoms with E-state index in [2.05, 4.69) is 20.6 Å². The molecule has 0 aliphatic carbocycles. The summed E-state index contributed by atoms with van der Waals surface area (Å²) in [5.74, 6) is 0.797. The summed E-state index contributed by atoms with van der Waals surface area (Å²) in [5, 5.41) is 8.22. The summed E-state index contributed by atoms with van der Waals surface area (Å²) in [6, 6.07) is 11.4. The molecule has 0 bridgehead atoms. The molecule has 29 heavy (non-hydrogen) atoms. The fraction of sp³-hybridized carbons (Fsp3) is 0.250. The molecule has 1 aromatic heterocycles. The Hall–Kier alpha value is -3.43. The number of anilines is 3. The number of hydrogen-bond acceptors (Lipinski definition) is 8. The highest BCUT2D eigenvalue weighted by molar-refractivity contribution is 5.98. The van der Waals surface area contributed by atoms with Crippen molar-refractivity contribution in [2.75, 3.05) is 38.0 Å². The van der Waals surface area contributed by atoms with Gasteiger partial charge in [-0.15, -0.1) is 0 Å². The molecule has 1 atom stereocenters. The molecule has 9 nitrogen and oxygen atoms in total. The van der Waals surface area contributed by atoms with Crippen LogP contribution in [-0.2, 0) is 4.74 Å². The summed E-state index contributed by atoms with van der Waals surface area (Å²) >= 11 is 0. The van der Waals surface area contributed by atoms with E-state index in [-0.39, 0.29) is 11.6 Å². The number of primary amides is 1. The second-order valence-electron chi connectivity index (χ2n) is 6.47. The smallest absolute Gasteiger partial charge is 0.254 e. The number of benzene rings is 2. The number of nitrogens with two attached hydrogens (primary N) is 2. The molecule has 0 saturated carbocycles. The van der Waals surface area contributed by atoms with E-state index in [4.69, 9.17) is 20.9 Å². The van der Waals surface area contributed by atoms with Crippen LogP contribution in [0.3, 0.4) is 0 Å². The molecule has 0 aliphatic heterocycles. The van der Waals surface area contributed by atoms with Crippen LogP contribution in [0.1, 0.15) is 10.4 Å². The topological polar surface area (TPSA) is 137 Å². The molecule has 6 N–H and O–H groups in total. The number of nitrogens with zero attached hydrogens (tertiary/aromatic N) is 2. The first-order valence-electron chi connectivity index (χ1n) is 9.00. The minimum atomic E-state index is -0.624. The Morgan fingerprint density at radius 3 is 2.66 bits per heavy atom. The first kappa shape index (κ1) is 20.3. The summed E-state index contributed by atoms with van der Waals surface area (Å²) in [6.45, 7) is 0.820. The van der Waals surface area contributed by atoms with Gasteiger partial charge in [0.2, 0.25) is 5.95 Å². The molecular formula is C20H24N6O3. The average molecular weight is 396 g/mol. The summed E-state index contributed by atoms with van der Waals surface area (Å²) in [4.78, 5) is 20.3. The van der Waals surface area contributed by atoms with Crippen LogP contribution in [0.5, 0.6) is 5.75 Å². The van der Waals surface area contributed by atoms with E-state index in [0.717, 1.165) is 22.2 Å². The Morgan fingerprint density at radius 2 is 1.93 bits per heavy atom. The Morgan fingerprint density at radius 1 is 1.17 bits per heavy atom. The number of amides is 1. The number of nitrogens with one attached hydrogen (secondary N) is 2. The molecule has 1 unspecified atom stereocenters. The van der Waals surface area contributed by atoms with Crippen molar-refractivity contribution in [1.29, 1.82) is 0 Å². The number of carbonyl (C=O) groups is 1. The zero-order chi connectivity index (χ0) is 20.8. The largest absolute Gasteiger partial charge is 0.497 e. The summed E-state index contributed by atoms with van der Waals surface area (Å²) in [5.41, 5.74) is 12.3. The van der Waals surface area contributed by atoms with E-state index in [1.165, 1.54) is 6.20 Å². The van der Waals surface area contributed by atoms with Gasteiger partial charge in [0, 0.05) is 31.6 Å². The molecule has 2 aromatic carbocycles. The predicted molar refractivity (Wildman–Crippen MR) is 113 cm³/mol. The fourth-order valence-electron chi connectivity index (χ4n) is 2.80. The Kier molecular flexibility index (Phi) is 6.43. The van der Waals surface area contributed by atoms with Crippen LogP contribution < -0.4 is 26.8 Å². The molecule has 1 heterocycles. The van der Waals surface area contributed by atoms with Crippen molar-refractivity contribution >= 4 is 34.1 Å². The highest BCUT2D eigenvalue weighted by Crippen LogP contribution is 2.26. The van der Waals surface area contributed by atoms with Crippen LogP contribution in [0.15, 0.2) is 42.6 Å². The van der Waals surface area contributed by atoms with Crippen LogP contribution in [0.4, 0.5) is 17.5 Å². The van der Waals surface area contributed by atoms with Gasteiger partial charge in [-0.3, -0.25) is 4.79 Å². The van der Waals surface area contributed by atoms with Crippen molar-refractivity contribution in [3.8, 4) is 5.75 Å². The van der Waals surface area contributed by atoms with E-state index in [9.17, 15) is 4.79 Å². The zero-order valence-electron chi connectivity index (χ0n) is 16.3. The van der Waals surface area contributed by atoms with Crippen LogP contribution in [0, 0.1) is 0 Å². The Bertz CT molecular complexity index is 1010. The molecule has 3 rings (SSSR count). The maximum Gasteiger partial charge on any atom is 0.254 e. The van der Waals surface area contributed by atoms with E-state index < -0.39 is 5.91 Å². The third-order valence-corrected chi connectivity index (χ3v) is 4.27. The number of hydrogen-bond donors (Lipinski definition) is 4. The maximum absolute atomic E-state index is 11.8. The van der Waals surface area contributed by atoms with Crippen LogP contribution in [-0.4, -0.2) is 49.3 Å². The quantitative estimate of drug-likeness (QED) is 0.430. The number of rotatable bonds is 9. The highest BCUT2D eigenvalue weighted by atomic mass is 16.5. The molecule has 1 amide bonds. The number of aromatic nitrogens is 2. The Labute approximate surface area is 168 Å². The molecule has 0 aliphatic rings. The lowest BCUT2D eigenvalue weighted by atomic mass is 10.1. The van der Waals surface area contributed by atoms with Crippen molar-refractivity contribution in [2.45, 2.75) is 6.04 Å². The third-order valence-electron chi connectivity index (χ3n) is 4.27. The average Bonchev–Trinajstić information content (AvgIpc) is 2.72. The van der Waals surface area contributed by atoms with E-state index in [1.807, 2.05) is 36.4 Å². The van der Waals surface area contributed by atoms with Crippen molar-refractivity contribution in [3.05, 3.63) is 48.2 Å². The van der Waals surface area contributed by atoms with Crippen LogP contribution in [0.2, 0.25) is 0 Å². The van der Waals surface area contributed by atoms with Gasteiger partial charge in [-0.25, -0.2) is 4.98 Å². The molecular weight excluding hydrogens is 372 g/mol. The van der Waals surface area contributed by atoms with Gasteiger partial charge in [-0.05, 0) is 35.0 Å². The van der Waals surface area contributed by atoms with Crippen LogP contribution >= 0.6 is 0 Å². The predicted octanol–water partition coefficient (Wildman–Crippen LogP) is 1.87. The summed E-state index contributed by atoms with van der Waals surface area (Å²) < 4.78 is 10.3. The van der Waals surface area contributed by atoms with Gasteiger partial charge >= 0.3 is 0 Å². The van der Waals surface area contributed by atoms with Crippen molar-refractivity contribution in [2.24, 2.45) is 11.5 Å². The molecule has 3 aromatic rings. The lowest BCUT2D eigenvalue weighted by molar-refractivity contribution is 0.100. The van der Waals surface area contributed by atoms with E-state index >= 15 is 0 Å².